The fraction of sp³-hybridized carbons (Fsp3) is 0.435. The van der Waals surface area contributed by atoms with Crippen LogP contribution in [0.3, 0.4) is 0 Å². The van der Waals surface area contributed by atoms with Gasteiger partial charge in [0.15, 0.2) is 5.58 Å². The normalized spacial score (nSPS) is 14.9. The number of fused-ring (bicyclic) bond motifs is 1. The Hall–Kier alpha value is -2.53. The third-order valence-electron chi connectivity index (χ3n) is 5.65. The lowest BCUT2D eigenvalue weighted by atomic mass is 10.0. The van der Waals surface area contributed by atoms with Crippen LogP contribution in [0.15, 0.2) is 39.6 Å². The number of hydrogen-bond donors (Lipinski definition) is 2. The van der Waals surface area contributed by atoms with E-state index >= 15 is 0 Å². The van der Waals surface area contributed by atoms with E-state index in [2.05, 4.69) is 15.2 Å². The molecule has 1 fully saturated rings. The standard InChI is InChI=1S/C23H29ClN4O5S/c1-3-31-17-9-15(10-18(11-17)32-4-2)14-28(16-5-7-26-8-6-16)23-27-20-12-19(24)22(34(25,29)30)13-21(20)33-23/h9-13,16,26H,3-8,14H2,1-2H3,(H2,25,29,30). The van der Waals surface area contributed by atoms with Gasteiger partial charge in [-0.05, 0) is 63.5 Å². The van der Waals surface area contributed by atoms with Gasteiger partial charge in [0, 0.05) is 24.7 Å². The Morgan fingerprint density at radius 2 is 1.76 bits per heavy atom. The highest BCUT2D eigenvalue weighted by Crippen LogP contribution is 2.33. The number of anilines is 1. The number of benzene rings is 2. The molecule has 0 aliphatic carbocycles. The number of aromatic nitrogens is 1. The van der Waals surface area contributed by atoms with E-state index in [1.165, 1.54) is 12.1 Å². The van der Waals surface area contributed by atoms with E-state index in [0.29, 0.717) is 36.9 Å². The molecule has 11 heteroatoms. The molecule has 1 saturated heterocycles. The first kappa shape index (κ1) is 24.6. The lowest BCUT2D eigenvalue weighted by Crippen LogP contribution is -2.43. The van der Waals surface area contributed by atoms with Crippen molar-refractivity contribution in [3.05, 3.63) is 40.9 Å². The molecule has 0 amide bonds. The van der Waals surface area contributed by atoms with Crippen molar-refractivity contribution in [1.82, 2.24) is 10.3 Å². The van der Waals surface area contributed by atoms with E-state index < -0.39 is 10.0 Å². The van der Waals surface area contributed by atoms with Crippen molar-refractivity contribution >= 4 is 38.7 Å². The summed E-state index contributed by atoms with van der Waals surface area (Å²) in [4.78, 5) is 6.55. The highest BCUT2D eigenvalue weighted by Gasteiger charge is 2.27. The van der Waals surface area contributed by atoms with Crippen molar-refractivity contribution in [2.24, 2.45) is 5.14 Å². The van der Waals surface area contributed by atoms with Gasteiger partial charge in [-0.1, -0.05) is 11.6 Å². The van der Waals surface area contributed by atoms with Gasteiger partial charge in [0.2, 0.25) is 10.0 Å². The van der Waals surface area contributed by atoms with Gasteiger partial charge in [0.25, 0.3) is 6.01 Å². The average Bonchev–Trinajstić information content (AvgIpc) is 3.20. The smallest absolute Gasteiger partial charge is 0.298 e. The molecule has 0 spiro atoms. The third-order valence-corrected chi connectivity index (χ3v) is 7.02. The molecule has 0 atom stereocenters. The Balaban J connectivity index is 1.74. The minimum absolute atomic E-state index is 0.00837. The number of nitrogens with two attached hydrogens (primary N) is 1. The van der Waals surface area contributed by atoms with Gasteiger partial charge >= 0.3 is 0 Å². The van der Waals surface area contributed by atoms with E-state index in [-0.39, 0.29) is 16.0 Å². The van der Waals surface area contributed by atoms with Gasteiger partial charge in [-0.15, -0.1) is 0 Å². The van der Waals surface area contributed by atoms with Crippen LogP contribution >= 0.6 is 11.6 Å². The number of halogens is 1. The van der Waals surface area contributed by atoms with Crippen molar-refractivity contribution < 1.29 is 22.3 Å². The molecule has 184 valence electrons. The maximum Gasteiger partial charge on any atom is 0.298 e. The molecule has 3 aromatic rings. The van der Waals surface area contributed by atoms with Crippen molar-refractivity contribution in [3.8, 4) is 11.5 Å². The molecular weight excluding hydrogens is 480 g/mol. The van der Waals surface area contributed by atoms with Gasteiger partial charge in [-0.3, -0.25) is 0 Å². The topological polar surface area (TPSA) is 120 Å². The fourth-order valence-corrected chi connectivity index (χ4v) is 5.23. The zero-order chi connectivity index (χ0) is 24.3. The predicted octanol–water partition coefficient (Wildman–Crippen LogP) is 3.68. The summed E-state index contributed by atoms with van der Waals surface area (Å²) in [5, 5.41) is 8.68. The van der Waals surface area contributed by atoms with Crippen molar-refractivity contribution in [2.45, 2.75) is 44.2 Å². The number of piperidine rings is 1. The van der Waals surface area contributed by atoms with Crippen LogP contribution in [0.25, 0.3) is 11.1 Å². The summed E-state index contributed by atoms with van der Waals surface area (Å²) < 4.78 is 41.3. The zero-order valence-electron chi connectivity index (χ0n) is 19.2. The van der Waals surface area contributed by atoms with E-state index in [9.17, 15) is 8.42 Å². The maximum absolute atomic E-state index is 11.9. The van der Waals surface area contributed by atoms with E-state index in [4.69, 9.17) is 30.6 Å². The molecular formula is C23H29ClN4O5S. The van der Waals surface area contributed by atoms with Gasteiger partial charge in [0.05, 0.1) is 18.2 Å². The summed E-state index contributed by atoms with van der Waals surface area (Å²) in [7, 11) is -3.99. The quantitative estimate of drug-likeness (QED) is 0.449. The first-order chi connectivity index (χ1) is 16.3. The van der Waals surface area contributed by atoms with Crippen LogP contribution < -0.4 is 24.8 Å². The Morgan fingerprint density at radius 1 is 1.12 bits per heavy atom. The van der Waals surface area contributed by atoms with E-state index in [1.54, 1.807) is 0 Å². The summed E-state index contributed by atoms with van der Waals surface area (Å²) in [6.45, 7) is 7.24. The van der Waals surface area contributed by atoms with Crippen LogP contribution in [-0.2, 0) is 16.6 Å². The number of ether oxygens (including phenoxy) is 2. The molecule has 0 unspecified atom stereocenters. The monoisotopic (exact) mass is 508 g/mol. The fourth-order valence-electron chi connectivity index (χ4n) is 4.15. The van der Waals surface area contributed by atoms with Crippen molar-refractivity contribution in [3.63, 3.8) is 0 Å². The Labute approximate surface area is 204 Å². The highest BCUT2D eigenvalue weighted by molar-refractivity contribution is 7.89. The van der Waals surface area contributed by atoms with E-state index in [1.807, 2.05) is 32.0 Å². The molecule has 0 radical (unpaired) electrons. The first-order valence-corrected chi connectivity index (χ1v) is 13.2. The molecule has 4 rings (SSSR count). The zero-order valence-corrected chi connectivity index (χ0v) is 20.8. The second kappa shape index (κ2) is 10.4. The Kier molecular flexibility index (Phi) is 7.51. The van der Waals surface area contributed by atoms with E-state index in [0.717, 1.165) is 43.0 Å². The van der Waals surface area contributed by atoms with Crippen LogP contribution in [-0.4, -0.2) is 45.7 Å². The lowest BCUT2D eigenvalue weighted by molar-refractivity contribution is 0.322. The van der Waals surface area contributed by atoms with Crippen LogP contribution in [0, 0.1) is 0 Å². The van der Waals surface area contributed by atoms with Crippen LogP contribution in [0.4, 0.5) is 6.01 Å². The summed E-state index contributed by atoms with van der Waals surface area (Å²) in [6, 6.07) is 9.21. The first-order valence-electron chi connectivity index (χ1n) is 11.3. The number of primary sulfonamides is 1. The van der Waals surface area contributed by atoms with Gasteiger partial charge in [0.1, 0.15) is 21.9 Å². The maximum atomic E-state index is 11.9. The Bertz CT molecular complexity index is 1230. The van der Waals surface area contributed by atoms with Gasteiger partial charge < -0.3 is 24.1 Å². The summed E-state index contributed by atoms with van der Waals surface area (Å²) in [5.41, 5.74) is 1.75. The highest BCUT2D eigenvalue weighted by atomic mass is 35.5. The predicted molar refractivity (Wildman–Crippen MR) is 131 cm³/mol. The van der Waals surface area contributed by atoms with Crippen LogP contribution in [0.2, 0.25) is 5.02 Å². The van der Waals surface area contributed by atoms with Crippen LogP contribution in [0.1, 0.15) is 32.3 Å². The second-order valence-corrected chi connectivity index (χ2v) is 10.0. The third kappa shape index (κ3) is 5.57. The lowest BCUT2D eigenvalue weighted by Gasteiger charge is -2.33. The Morgan fingerprint density at radius 3 is 2.35 bits per heavy atom. The summed E-state index contributed by atoms with van der Waals surface area (Å²) in [5.74, 6) is 1.46. The minimum Gasteiger partial charge on any atom is -0.494 e. The molecule has 3 N–H and O–H groups in total. The van der Waals surface area contributed by atoms with Gasteiger partial charge in [-0.25, -0.2) is 13.6 Å². The molecule has 1 aromatic heterocycles. The van der Waals surface area contributed by atoms with Gasteiger partial charge in [-0.2, -0.15) is 4.98 Å². The average molecular weight is 509 g/mol. The number of oxazole rings is 1. The molecule has 0 saturated carbocycles. The number of sulfonamides is 1. The molecule has 0 bridgehead atoms. The number of nitrogens with zero attached hydrogens (tertiary/aromatic N) is 2. The van der Waals surface area contributed by atoms with Crippen molar-refractivity contribution in [2.75, 3.05) is 31.2 Å². The molecule has 34 heavy (non-hydrogen) atoms. The minimum atomic E-state index is -3.99. The number of rotatable bonds is 9. The second-order valence-electron chi connectivity index (χ2n) is 8.08. The van der Waals surface area contributed by atoms with Crippen LogP contribution in [0.5, 0.6) is 11.5 Å². The summed E-state index contributed by atoms with van der Waals surface area (Å²) in [6.07, 6.45) is 1.82. The number of hydrogen-bond acceptors (Lipinski definition) is 8. The molecule has 1 aliphatic rings. The molecule has 9 nitrogen and oxygen atoms in total. The molecule has 2 heterocycles. The molecule has 2 aromatic carbocycles. The SMILES string of the molecule is CCOc1cc(CN(c2nc3cc(Cl)c(S(N)(=O)=O)cc3o2)C2CCNCC2)cc(OCC)c1. The van der Waals surface area contributed by atoms with Crippen molar-refractivity contribution in [1.29, 1.82) is 0 Å². The molecule has 1 aliphatic heterocycles. The number of nitrogens with one attached hydrogen (secondary N) is 1. The summed E-state index contributed by atoms with van der Waals surface area (Å²) >= 11 is 6.16. The largest absolute Gasteiger partial charge is 0.494 e.